The van der Waals surface area contributed by atoms with Crippen molar-refractivity contribution in [3.63, 3.8) is 0 Å². The molecule has 0 aliphatic heterocycles. The largest absolute Gasteiger partial charge is 0.465 e. The molecule has 0 spiro atoms. The van der Waals surface area contributed by atoms with Crippen molar-refractivity contribution in [1.82, 2.24) is 9.78 Å². The van der Waals surface area contributed by atoms with Gasteiger partial charge in [0.25, 0.3) is 5.91 Å². The summed E-state index contributed by atoms with van der Waals surface area (Å²) in [5, 5.41) is 14.7. The van der Waals surface area contributed by atoms with E-state index < -0.39 is 12.0 Å². The number of anilines is 2. The maximum atomic E-state index is 11.0. The van der Waals surface area contributed by atoms with E-state index >= 15 is 0 Å². The molecule has 1 aromatic carbocycles. The molecule has 8 nitrogen and oxygen atoms in total. The average molecular weight is 261 g/mol. The Morgan fingerprint density at radius 1 is 1.26 bits per heavy atom. The number of amides is 2. The van der Waals surface area contributed by atoms with Crippen molar-refractivity contribution in [2.45, 2.75) is 0 Å². The zero-order valence-electron chi connectivity index (χ0n) is 9.70. The molecule has 2 rings (SSSR count). The molecule has 0 aliphatic carbocycles. The van der Waals surface area contributed by atoms with Gasteiger partial charge in [0.1, 0.15) is 0 Å². The molecule has 6 N–H and O–H groups in total. The minimum Gasteiger partial charge on any atom is -0.465 e. The Bertz CT molecular complexity index is 632. The lowest BCUT2D eigenvalue weighted by molar-refractivity contribution is 0.0996. The van der Waals surface area contributed by atoms with Crippen LogP contribution in [-0.4, -0.2) is 26.9 Å². The number of rotatable bonds is 3. The summed E-state index contributed by atoms with van der Waals surface area (Å²) in [6, 6.07) is 6.38. The summed E-state index contributed by atoms with van der Waals surface area (Å²) < 4.78 is 1.39. The summed E-state index contributed by atoms with van der Waals surface area (Å²) >= 11 is 0. The normalized spacial score (nSPS) is 10.1. The highest BCUT2D eigenvalue weighted by atomic mass is 16.4. The maximum Gasteiger partial charge on any atom is 0.409 e. The van der Waals surface area contributed by atoms with E-state index in [4.69, 9.17) is 16.6 Å². The molecule has 8 heteroatoms. The van der Waals surface area contributed by atoms with Gasteiger partial charge >= 0.3 is 6.09 Å². The van der Waals surface area contributed by atoms with Gasteiger partial charge in [0.2, 0.25) is 0 Å². The Balaban J connectivity index is 2.29. The molecule has 19 heavy (non-hydrogen) atoms. The summed E-state index contributed by atoms with van der Waals surface area (Å²) in [6.45, 7) is 0. The first-order valence-electron chi connectivity index (χ1n) is 5.22. The highest BCUT2D eigenvalue weighted by molar-refractivity contribution is 5.95. The summed E-state index contributed by atoms with van der Waals surface area (Å²) in [5.41, 5.74) is 11.9. The molecule has 2 aromatic rings. The van der Waals surface area contributed by atoms with Crippen molar-refractivity contribution >= 4 is 23.4 Å². The second-order valence-electron chi connectivity index (χ2n) is 3.72. The summed E-state index contributed by atoms with van der Waals surface area (Å²) in [4.78, 5) is 21.5. The lowest BCUT2D eigenvalue weighted by Crippen LogP contribution is -2.14. The van der Waals surface area contributed by atoms with Gasteiger partial charge in [-0.15, -0.1) is 0 Å². The first kappa shape index (κ1) is 12.4. The first-order chi connectivity index (χ1) is 8.97. The summed E-state index contributed by atoms with van der Waals surface area (Å²) in [5.74, 6) is -0.708. The third kappa shape index (κ3) is 2.63. The van der Waals surface area contributed by atoms with Crippen molar-refractivity contribution in [1.29, 1.82) is 0 Å². The smallest absolute Gasteiger partial charge is 0.409 e. The highest BCUT2D eigenvalue weighted by Crippen LogP contribution is 2.16. The van der Waals surface area contributed by atoms with Gasteiger partial charge in [0.05, 0.1) is 17.6 Å². The Morgan fingerprint density at radius 2 is 1.89 bits per heavy atom. The second kappa shape index (κ2) is 4.69. The fourth-order valence-corrected chi connectivity index (χ4v) is 1.53. The first-order valence-corrected chi connectivity index (χ1v) is 5.22. The molecular formula is C11H11N5O3. The van der Waals surface area contributed by atoms with Crippen LogP contribution in [0.4, 0.5) is 16.2 Å². The van der Waals surface area contributed by atoms with E-state index in [0.717, 1.165) is 0 Å². The molecule has 0 aliphatic rings. The fraction of sp³-hybridized carbons (Fsp3) is 0. The minimum absolute atomic E-state index is 0.00672. The van der Waals surface area contributed by atoms with Crippen molar-refractivity contribution in [3.05, 3.63) is 36.2 Å². The Morgan fingerprint density at radius 3 is 2.37 bits per heavy atom. The molecular weight excluding hydrogens is 250 g/mol. The van der Waals surface area contributed by atoms with Crippen LogP contribution in [-0.2, 0) is 0 Å². The number of benzene rings is 1. The van der Waals surface area contributed by atoms with Crippen molar-refractivity contribution in [2.75, 3.05) is 11.1 Å². The van der Waals surface area contributed by atoms with Crippen molar-refractivity contribution < 1.29 is 14.7 Å². The quantitative estimate of drug-likeness (QED) is 0.642. The number of hydrogen-bond acceptors (Lipinski definition) is 4. The number of carboxylic acid groups (broad SMARTS) is 1. The molecule has 0 fully saturated rings. The highest BCUT2D eigenvalue weighted by Gasteiger charge is 2.12. The molecule has 0 saturated carbocycles. The monoisotopic (exact) mass is 261 g/mol. The topological polar surface area (TPSA) is 136 Å². The van der Waals surface area contributed by atoms with Crippen LogP contribution < -0.4 is 16.8 Å². The van der Waals surface area contributed by atoms with Gasteiger partial charge in [0.15, 0.2) is 5.69 Å². The minimum atomic E-state index is -1.15. The molecule has 0 saturated heterocycles. The summed E-state index contributed by atoms with van der Waals surface area (Å²) in [6.07, 6.45) is 0.312. The third-order valence-corrected chi connectivity index (χ3v) is 2.36. The molecule has 0 atom stereocenters. The lowest BCUT2D eigenvalue weighted by Gasteiger charge is -2.03. The molecule has 2 amide bonds. The van der Waals surface area contributed by atoms with Crippen LogP contribution >= 0.6 is 0 Å². The van der Waals surface area contributed by atoms with Gasteiger partial charge in [-0.3, -0.25) is 10.1 Å². The van der Waals surface area contributed by atoms with E-state index in [1.165, 1.54) is 10.9 Å². The third-order valence-electron chi connectivity index (χ3n) is 2.36. The van der Waals surface area contributed by atoms with Gasteiger partial charge in [-0.1, -0.05) is 0 Å². The van der Waals surface area contributed by atoms with E-state index in [1.54, 1.807) is 24.3 Å². The predicted octanol–water partition coefficient (Wildman–Crippen LogP) is 0.643. The molecule has 1 heterocycles. The van der Waals surface area contributed by atoms with E-state index in [-0.39, 0.29) is 11.4 Å². The average Bonchev–Trinajstić information content (AvgIpc) is 2.71. The number of nitrogens with zero attached hydrogens (tertiary/aromatic N) is 2. The van der Waals surface area contributed by atoms with Crippen LogP contribution in [0.15, 0.2) is 30.5 Å². The Hall–Kier alpha value is -3.03. The van der Waals surface area contributed by atoms with E-state index in [1.807, 2.05) is 0 Å². The zero-order chi connectivity index (χ0) is 14.0. The SMILES string of the molecule is NC(=O)c1nn(-c2ccc(NC(=O)O)cc2)cc1N. The van der Waals surface area contributed by atoms with E-state index in [9.17, 15) is 9.59 Å². The Labute approximate surface area is 107 Å². The maximum absolute atomic E-state index is 11.0. The number of carbonyl (C=O) groups is 2. The number of nitrogens with one attached hydrogen (secondary N) is 1. The molecule has 0 unspecified atom stereocenters. The van der Waals surface area contributed by atoms with E-state index in [2.05, 4.69) is 10.4 Å². The van der Waals surface area contributed by atoms with E-state index in [0.29, 0.717) is 11.4 Å². The van der Waals surface area contributed by atoms with Crippen LogP contribution in [0, 0.1) is 0 Å². The molecule has 1 aromatic heterocycles. The number of nitrogen functional groups attached to an aromatic ring is 1. The zero-order valence-corrected chi connectivity index (χ0v) is 9.70. The van der Waals surface area contributed by atoms with Crippen molar-refractivity contribution in [2.24, 2.45) is 5.73 Å². The van der Waals surface area contributed by atoms with Gasteiger partial charge in [-0.2, -0.15) is 5.10 Å². The van der Waals surface area contributed by atoms with Gasteiger partial charge in [-0.25, -0.2) is 9.48 Å². The molecule has 98 valence electrons. The molecule has 0 radical (unpaired) electrons. The van der Waals surface area contributed by atoms with Gasteiger partial charge in [-0.05, 0) is 24.3 Å². The number of primary amides is 1. The van der Waals surface area contributed by atoms with Crippen LogP contribution in [0.3, 0.4) is 0 Å². The molecule has 0 bridgehead atoms. The number of aromatic nitrogens is 2. The van der Waals surface area contributed by atoms with Gasteiger partial charge in [0, 0.05) is 5.69 Å². The summed E-state index contributed by atoms with van der Waals surface area (Å²) in [7, 11) is 0. The van der Waals surface area contributed by atoms with Crippen LogP contribution in [0.25, 0.3) is 5.69 Å². The fourth-order valence-electron chi connectivity index (χ4n) is 1.53. The van der Waals surface area contributed by atoms with Gasteiger partial charge < -0.3 is 16.6 Å². The number of nitrogens with two attached hydrogens (primary N) is 2. The standard InChI is InChI=1S/C11H11N5O3/c12-8-5-16(15-9(8)10(13)17)7-3-1-6(2-4-7)14-11(18)19/h1-5,14H,12H2,(H2,13,17)(H,18,19). The lowest BCUT2D eigenvalue weighted by atomic mass is 10.3. The van der Waals surface area contributed by atoms with Crippen LogP contribution in [0.5, 0.6) is 0 Å². The second-order valence-corrected chi connectivity index (χ2v) is 3.72. The Kier molecular flexibility index (Phi) is 3.06. The number of hydrogen-bond donors (Lipinski definition) is 4. The predicted molar refractivity (Wildman–Crippen MR) is 68.1 cm³/mol. The van der Waals surface area contributed by atoms with Crippen LogP contribution in [0.1, 0.15) is 10.5 Å². The number of carbonyl (C=O) groups excluding carboxylic acids is 1. The van der Waals surface area contributed by atoms with Crippen LogP contribution in [0.2, 0.25) is 0 Å². The van der Waals surface area contributed by atoms with Crippen molar-refractivity contribution in [3.8, 4) is 5.69 Å².